The van der Waals surface area contributed by atoms with Gasteiger partial charge in [-0.2, -0.15) is 0 Å². The van der Waals surface area contributed by atoms with Gasteiger partial charge in [0, 0.05) is 19.8 Å². The molecule has 2 aromatic rings. The highest BCUT2D eigenvalue weighted by Gasteiger charge is 2.07. The predicted octanol–water partition coefficient (Wildman–Crippen LogP) is 6.38. The SMILES string of the molecule is Cc1cc(Sc2cc(C)c(Cl)c(C)c2)cc(C)c1Cl. The minimum Gasteiger partial charge on any atom is -0.0901 e. The van der Waals surface area contributed by atoms with Crippen molar-refractivity contribution < 1.29 is 0 Å². The molecule has 0 aliphatic heterocycles. The van der Waals surface area contributed by atoms with Gasteiger partial charge in [0.05, 0.1) is 0 Å². The van der Waals surface area contributed by atoms with Crippen molar-refractivity contribution in [2.75, 3.05) is 0 Å². The van der Waals surface area contributed by atoms with Gasteiger partial charge in [0.2, 0.25) is 0 Å². The highest BCUT2D eigenvalue weighted by molar-refractivity contribution is 7.99. The van der Waals surface area contributed by atoms with Crippen LogP contribution >= 0.6 is 35.0 Å². The molecule has 0 aliphatic rings. The van der Waals surface area contributed by atoms with E-state index in [1.165, 1.54) is 9.79 Å². The molecular formula is C16H16Cl2S. The Morgan fingerprint density at radius 2 is 0.895 bits per heavy atom. The maximum atomic E-state index is 6.20. The topological polar surface area (TPSA) is 0 Å². The van der Waals surface area contributed by atoms with E-state index in [-0.39, 0.29) is 0 Å². The van der Waals surface area contributed by atoms with E-state index in [0.717, 1.165) is 32.3 Å². The number of benzene rings is 2. The highest BCUT2D eigenvalue weighted by atomic mass is 35.5. The van der Waals surface area contributed by atoms with Gasteiger partial charge in [0.25, 0.3) is 0 Å². The van der Waals surface area contributed by atoms with Crippen LogP contribution in [0.3, 0.4) is 0 Å². The molecule has 0 aromatic heterocycles. The smallest absolute Gasteiger partial charge is 0.0465 e. The Morgan fingerprint density at radius 1 is 0.632 bits per heavy atom. The summed E-state index contributed by atoms with van der Waals surface area (Å²) in [6, 6.07) is 8.50. The van der Waals surface area contributed by atoms with Gasteiger partial charge in [-0.15, -0.1) is 0 Å². The largest absolute Gasteiger partial charge is 0.0901 e. The van der Waals surface area contributed by atoms with Gasteiger partial charge in [-0.3, -0.25) is 0 Å². The van der Waals surface area contributed by atoms with E-state index >= 15 is 0 Å². The predicted molar refractivity (Wildman–Crippen MR) is 86.0 cm³/mol. The molecule has 0 fully saturated rings. The molecule has 0 heterocycles. The van der Waals surface area contributed by atoms with Crippen molar-refractivity contribution in [1.29, 1.82) is 0 Å². The van der Waals surface area contributed by atoms with Gasteiger partial charge in [-0.1, -0.05) is 35.0 Å². The van der Waals surface area contributed by atoms with Crippen molar-refractivity contribution in [2.24, 2.45) is 0 Å². The van der Waals surface area contributed by atoms with Crippen LogP contribution in [0.25, 0.3) is 0 Å². The number of aryl methyl sites for hydroxylation is 4. The van der Waals surface area contributed by atoms with Crippen LogP contribution in [-0.2, 0) is 0 Å². The van der Waals surface area contributed by atoms with Crippen molar-refractivity contribution in [2.45, 2.75) is 37.5 Å². The molecule has 2 rings (SSSR count). The van der Waals surface area contributed by atoms with Crippen LogP contribution in [0.2, 0.25) is 10.0 Å². The summed E-state index contributed by atoms with van der Waals surface area (Å²) in [7, 11) is 0. The molecule has 100 valence electrons. The Kier molecular flexibility index (Phi) is 4.50. The Hall–Kier alpha value is -0.630. The van der Waals surface area contributed by atoms with Crippen molar-refractivity contribution in [3.63, 3.8) is 0 Å². The van der Waals surface area contributed by atoms with E-state index < -0.39 is 0 Å². The van der Waals surface area contributed by atoms with Crippen LogP contribution in [0, 0.1) is 27.7 Å². The first-order chi connectivity index (χ1) is 8.88. The zero-order valence-electron chi connectivity index (χ0n) is 11.5. The summed E-state index contributed by atoms with van der Waals surface area (Å²) in [5, 5.41) is 1.71. The Balaban J connectivity index is 2.36. The lowest BCUT2D eigenvalue weighted by molar-refractivity contribution is 1.27. The van der Waals surface area contributed by atoms with E-state index in [0.29, 0.717) is 0 Å². The molecule has 0 saturated carbocycles. The molecule has 0 N–H and O–H groups in total. The molecule has 0 spiro atoms. The normalized spacial score (nSPS) is 10.8. The Labute approximate surface area is 129 Å². The quantitative estimate of drug-likeness (QED) is 0.620. The summed E-state index contributed by atoms with van der Waals surface area (Å²) in [4.78, 5) is 2.42. The first-order valence-corrected chi connectivity index (χ1v) is 7.67. The summed E-state index contributed by atoms with van der Waals surface area (Å²) < 4.78 is 0. The zero-order valence-corrected chi connectivity index (χ0v) is 13.8. The lowest BCUT2D eigenvalue weighted by atomic mass is 10.1. The monoisotopic (exact) mass is 310 g/mol. The fourth-order valence-corrected chi connectivity index (χ4v) is 3.50. The second kappa shape index (κ2) is 5.78. The number of hydrogen-bond acceptors (Lipinski definition) is 1. The Bertz CT molecular complexity index is 531. The van der Waals surface area contributed by atoms with Crippen molar-refractivity contribution in [3.8, 4) is 0 Å². The van der Waals surface area contributed by atoms with Crippen molar-refractivity contribution >= 4 is 35.0 Å². The summed E-state index contributed by atoms with van der Waals surface area (Å²) in [6.07, 6.45) is 0. The van der Waals surface area contributed by atoms with Crippen LogP contribution in [0.15, 0.2) is 34.1 Å². The minimum atomic E-state index is 0.854. The van der Waals surface area contributed by atoms with E-state index in [2.05, 4.69) is 24.3 Å². The molecule has 0 nitrogen and oxygen atoms in total. The summed E-state index contributed by atoms with van der Waals surface area (Å²) in [5.74, 6) is 0. The number of rotatable bonds is 2. The molecule has 0 bridgehead atoms. The average molecular weight is 311 g/mol. The van der Waals surface area contributed by atoms with E-state index in [9.17, 15) is 0 Å². The van der Waals surface area contributed by atoms with Crippen molar-refractivity contribution in [1.82, 2.24) is 0 Å². The third-order valence-corrected chi connectivity index (χ3v) is 5.19. The molecular weight excluding hydrogens is 295 g/mol. The molecule has 0 unspecified atom stereocenters. The summed E-state index contributed by atoms with van der Waals surface area (Å²) >= 11 is 14.1. The average Bonchev–Trinajstić information content (AvgIpc) is 2.33. The van der Waals surface area contributed by atoms with Gasteiger partial charge in [-0.05, 0) is 74.2 Å². The third kappa shape index (κ3) is 3.28. The van der Waals surface area contributed by atoms with Gasteiger partial charge in [-0.25, -0.2) is 0 Å². The molecule has 19 heavy (non-hydrogen) atoms. The van der Waals surface area contributed by atoms with E-state index in [1.54, 1.807) is 11.8 Å². The number of halogens is 2. The molecule has 0 radical (unpaired) electrons. The summed E-state index contributed by atoms with van der Waals surface area (Å²) in [6.45, 7) is 8.16. The van der Waals surface area contributed by atoms with Gasteiger partial charge in [0.1, 0.15) is 0 Å². The molecule has 0 saturated heterocycles. The van der Waals surface area contributed by atoms with Gasteiger partial charge >= 0.3 is 0 Å². The van der Waals surface area contributed by atoms with Crippen LogP contribution in [0.5, 0.6) is 0 Å². The van der Waals surface area contributed by atoms with Crippen LogP contribution < -0.4 is 0 Å². The first kappa shape index (κ1) is 14.8. The minimum absolute atomic E-state index is 0.854. The third-order valence-electron chi connectivity index (χ3n) is 3.06. The second-order valence-corrected chi connectivity index (χ2v) is 6.75. The molecule has 2 aromatic carbocycles. The standard InChI is InChI=1S/C16H16Cl2S/c1-9-5-13(6-10(2)15(9)17)19-14-7-11(3)16(18)12(4)8-14/h5-8H,1-4H3. The maximum absolute atomic E-state index is 6.20. The van der Waals surface area contributed by atoms with E-state index in [4.69, 9.17) is 23.2 Å². The summed E-state index contributed by atoms with van der Waals surface area (Å²) in [5.41, 5.74) is 4.47. The van der Waals surface area contributed by atoms with Crippen LogP contribution in [-0.4, -0.2) is 0 Å². The van der Waals surface area contributed by atoms with Crippen LogP contribution in [0.1, 0.15) is 22.3 Å². The lowest BCUT2D eigenvalue weighted by Gasteiger charge is -2.10. The molecule has 3 heteroatoms. The van der Waals surface area contributed by atoms with Crippen LogP contribution in [0.4, 0.5) is 0 Å². The number of hydrogen-bond donors (Lipinski definition) is 0. The molecule has 0 atom stereocenters. The highest BCUT2D eigenvalue weighted by Crippen LogP contribution is 2.35. The zero-order chi connectivity index (χ0) is 14.2. The van der Waals surface area contributed by atoms with E-state index in [1.807, 2.05) is 27.7 Å². The molecule has 0 amide bonds. The van der Waals surface area contributed by atoms with Gasteiger partial charge < -0.3 is 0 Å². The maximum Gasteiger partial charge on any atom is 0.0465 e. The van der Waals surface area contributed by atoms with Gasteiger partial charge in [0.15, 0.2) is 0 Å². The van der Waals surface area contributed by atoms with Crippen molar-refractivity contribution in [3.05, 3.63) is 56.6 Å². The fraction of sp³-hybridized carbons (Fsp3) is 0.250. The lowest BCUT2D eigenvalue weighted by Crippen LogP contribution is -1.86. The first-order valence-electron chi connectivity index (χ1n) is 6.10. The second-order valence-electron chi connectivity index (χ2n) is 4.84. The fourth-order valence-electron chi connectivity index (χ4n) is 2.07. The molecule has 0 aliphatic carbocycles. The Morgan fingerprint density at radius 3 is 1.16 bits per heavy atom.